The highest BCUT2D eigenvalue weighted by Crippen LogP contribution is 2.30. The van der Waals surface area contributed by atoms with Gasteiger partial charge in [0.15, 0.2) is 12.5 Å². The molecule has 16 nitrogen and oxygen atoms in total. The highest BCUT2D eigenvalue weighted by Gasteiger charge is 2.50. The largest absolute Gasteiger partial charge is 0.478 e. The van der Waals surface area contributed by atoms with Crippen LogP contribution in [0.25, 0.3) is 0 Å². The van der Waals surface area contributed by atoms with Crippen LogP contribution in [-0.2, 0) is 14.2 Å². The first-order valence-corrected chi connectivity index (χ1v) is 10.4. The minimum Gasteiger partial charge on any atom is -0.478 e. The van der Waals surface area contributed by atoms with Crippen LogP contribution < -0.4 is 5.32 Å². The molecule has 0 radical (unpaired) electrons. The lowest BCUT2D eigenvalue weighted by Gasteiger charge is -2.46. The number of aliphatic hydroxyl groups is 7. The predicted octanol–water partition coefficient (Wildman–Crippen LogP) is -3.67. The Balaban J connectivity index is 1.78. The lowest BCUT2D eigenvalue weighted by Crippen LogP contribution is -2.65. The maximum absolute atomic E-state index is 11.3. The van der Waals surface area contributed by atoms with E-state index in [-0.39, 0.29) is 5.69 Å². The van der Waals surface area contributed by atoms with Crippen molar-refractivity contribution in [1.82, 2.24) is 0 Å². The molecule has 0 unspecified atom stereocenters. The van der Waals surface area contributed by atoms with Gasteiger partial charge >= 0.3 is 5.97 Å². The van der Waals surface area contributed by atoms with Gasteiger partial charge in [0.1, 0.15) is 48.8 Å². The maximum Gasteiger partial charge on any atom is 0.336 e. The fourth-order valence-electron chi connectivity index (χ4n) is 3.80. The predicted molar refractivity (Wildman–Crippen MR) is 110 cm³/mol. The molecule has 2 saturated heterocycles. The van der Waals surface area contributed by atoms with Crippen molar-refractivity contribution >= 4 is 17.3 Å². The summed E-state index contributed by atoms with van der Waals surface area (Å²) in [6, 6.07) is 2.82. The van der Waals surface area contributed by atoms with Gasteiger partial charge in [0.25, 0.3) is 5.69 Å². The molecular weight excluding hydrogens is 480 g/mol. The van der Waals surface area contributed by atoms with Crippen molar-refractivity contribution < 1.29 is 64.8 Å². The molecule has 10 atom stereocenters. The lowest BCUT2D eigenvalue weighted by molar-refractivity contribution is -0.384. The summed E-state index contributed by atoms with van der Waals surface area (Å²) in [7, 11) is 0. The molecule has 2 fully saturated rings. The number of hydrogen-bond acceptors (Lipinski definition) is 14. The third-order valence-electron chi connectivity index (χ3n) is 5.69. The highest BCUT2D eigenvalue weighted by molar-refractivity contribution is 5.90. The number of carboxylic acid groups (broad SMARTS) is 1. The fourth-order valence-corrected chi connectivity index (χ4v) is 3.80. The number of carbonyl (C=O) groups is 1. The molecule has 2 aliphatic rings. The lowest BCUT2D eigenvalue weighted by atomic mass is 9.96. The molecule has 16 heteroatoms. The molecule has 0 bridgehead atoms. The monoisotopic (exact) mass is 506 g/mol. The topological polar surface area (TPSA) is 262 Å². The normalized spacial score (nSPS) is 37.6. The maximum atomic E-state index is 11.3. The molecule has 2 heterocycles. The van der Waals surface area contributed by atoms with E-state index in [2.05, 4.69) is 5.32 Å². The van der Waals surface area contributed by atoms with Gasteiger partial charge in [-0.05, 0) is 6.07 Å². The van der Waals surface area contributed by atoms with Crippen LogP contribution in [0.5, 0.6) is 0 Å². The molecule has 2 aliphatic heterocycles. The molecule has 3 rings (SSSR count). The van der Waals surface area contributed by atoms with Crippen LogP contribution in [0, 0.1) is 10.1 Å². The summed E-state index contributed by atoms with van der Waals surface area (Å²) < 4.78 is 16.1. The van der Waals surface area contributed by atoms with Gasteiger partial charge < -0.3 is 60.4 Å². The Kier molecular flexibility index (Phi) is 8.54. The van der Waals surface area contributed by atoms with Crippen molar-refractivity contribution in [3.8, 4) is 0 Å². The van der Waals surface area contributed by atoms with Gasteiger partial charge in [0.05, 0.1) is 23.7 Å². The molecule has 0 amide bonds. The summed E-state index contributed by atoms with van der Waals surface area (Å²) in [5, 5.41) is 92.9. The molecule has 0 aliphatic carbocycles. The van der Waals surface area contributed by atoms with E-state index >= 15 is 0 Å². The van der Waals surface area contributed by atoms with Crippen molar-refractivity contribution in [2.45, 2.75) is 61.3 Å². The van der Waals surface area contributed by atoms with Gasteiger partial charge in [-0.3, -0.25) is 10.1 Å². The Bertz CT molecular complexity index is 881. The second-order valence-electron chi connectivity index (χ2n) is 8.03. The fraction of sp³-hybridized carbons (Fsp3) is 0.632. The molecule has 0 spiro atoms. The van der Waals surface area contributed by atoms with Crippen molar-refractivity contribution in [3.63, 3.8) is 0 Å². The molecule has 1 aromatic rings. The van der Waals surface area contributed by atoms with E-state index in [4.69, 9.17) is 14.2 Å². The van der Waals surface area contributed by atoms with E-state index in [0.717, 1.165) is 18.2 Å². The van der Waals surface area contributed by atoms with Crippen LogP contribution >= 0.6 is 0 Å². The first-order chi connectivity index (χ1) is 16.5. The molecule has 1 aromatic carbocycles. The number of non-ortho nitro benzene ring substituents is 1. The molecule has 35 heavy (non-hydrogen) atoms. The standard InChI is InChI=1S/C19H26N2O14/c22-4-9-11(24)12(25)15(28)19(34-9)35-16-10(5-23)33-17(14(27)13(16)26)20-7-1-6(18(29)30)2-8(3-7)21(31)32/h1-3,9-17,19-20,22-28H,4-5H2,(H,29,30)/t9-,10+,11-,12+,13+,14+,15-,16+,17+,19+/m0/s1. The number of nitro benzene ring substituents is 1. The van der Waals surface area contributed by atoms with Gasteiger partial charge in [-0.15, -0.1) is 0 Å². The van der Waals surface area contributed by atoms with Crippen LogP contribution in [0.15, 0.2) is 18.2 Å². The number of carboxylic acids is 1. The first kappa shape index (κ1) is 27.1. The minimum absolute atomic E-state index is 0.141. The van der Waals surface area contributed by atoms with E-state index in [1.165, 1.54) is 0 Å². The van der Waals surface area contributed by atoms with Crippen LogP contribution in [0.1, 0.15) is 10.4 Å². The second-order valence-corrected chi connectivity index (χ2v) is 8.03. The first-order valence-electron chi connectivity index (χ1n) is 10.4. The van der Waals surface area contributed by atoms with Crippen molar-refractivity contribution in [1.29, 1.82) is 0 Å². The average Bonchev–Trinajstić information content (AvgIpc) is 2.83. The number of nitrogens with one attached hydrogen (secondary N) is 1. The van der Waals surface area contributed by atoms with Gasteiger partial charge in [-0.1, -0.05) is 0 Å². The molecular formula is C19H26N2O14. The van der Waals surface area contributed by atoms with Crippen LogP contribution in [0.2, 0.25) is 0 Å². The summed E-state index contributed by atoms with van der Waals surface area (Å²) in [4.78, 5) is 21.6. The van der Waals surface area contributed by atoms with Gasteiger partial charge in [0, 0.05) is 17.8 Å². The number of rotatable bonds is 8. The zero-order valence-corrected chi connectivity index (χ0v) is 17.9. The Hall–Kier alpha value is -2.51. The number of benzene rings is 1. The quantitative estimate of drug-likeness (QED) is 0.121. The van der Waals surface area contributed by atoms with E-state index in [0.29, 0.717) is 0 Å². The molecule has 9 N–H and O–H groups in total. The second kappa shape index (κ2) is 11.0. The van der Waals surface area contributed by atoms with Crippen molar-refractivity contribution in [2.75, 3.05) is 18.5 Å². The number of anilines is 1. The minimum atomic E-state index is -1.83. The third kappa shape index (κ3) is 5.67. The average molecular weight is 506 g/mol. The molecule has 0 aromatic heterocycles. The zero-order valence-electron chi connectivity index (χ0n) is 17.9. The number of aromatic carboxylic acids is 1. The van der Waals surface area contributed by atoms with Gasteiger partial charge in [0.2, 0.25) is 0 Å². The van der Waals surface area contributed by atoms with Gasteiger partial charge in [-0.25, -0.2) is 4.79 Å². The van der Waals surface area contributed by atoms with Crippen LogP contribution in [0.3, 0.4) is 0 Å². The number of nitrogens with zero attached hydrogens (tertiary/aromatic N) is 1. The van der Waals surface area contributed by atoms with Crippen molar-refractivity contribution in [3.05, 3.63) is 33.9 Å². The summed E-state index contributed by atoms with van der Waals surface area (Å²) in [6.07, 6.45) is -16.3. The number of ether oxygens (including phenoxy) is 3. The Morgan fingerprint density at radius 3 is 2.17 bits per heavy atom. The number of nitro groups is 1. The number of aliphatic hydroxyl groups excluding tert-OH is 7. The summed E-state index contributed by atoms with van der Waals surface area (Å²) in [5.41, 5.74) is -1.14. The summed E-state index contributed by atoms with van der Waals surface area (Å²) in [5.74, 6) is -1.46. The van der Waals surface area contributed by atoms with Crippen molar-refractivity contribution in [2.24, 2.45) is 0 Å². The van der Waals surface area contributed by atoms with E-state index in [9.17, 15) is 55.8 Å². The third-order valence-corrected chi connectivity index (χ3v) is 5.69. The Labute approximate surface area is 196 Å². The molecule has 0 saturated carbocycles. The summed E-state index contributed by atoms with van der Waals surface area (Å²) >= 11 is 0. The smallest absolute Gasteiger partial charge is 0.336 e. The molecule has 196 valence electrons. The summed E-state index contributed by atoms with van der Waals surface area (Å²) in [6.45, 7) is -1.53. The van der Waals surface area contributed by atoms with E-state index in [1.54, 1.807) is 0 Å². The zero-order chi connectivity index (χ0) is 26.0. The van der Waals surface area contributed by atoms with E-state index < -0.39 is 96.7 Å². The number of hydrogen-bond donors (Lipinski definition) is 9. The Morgan fingerprint density at radius 2 is 1.60 bits per heavy atom. The highest BCUT2D eigenvalue weighted by atomic mass is 16.7. The van der Waals surface area contributed by atoms with Crippen LogP contribution in [-0.4, -0.2) is 126 Å². The van der Waals surface area contributed by atoms with Crippen LogP contribution in [0.4, 0.5) is 11.4 Å². The SMILES string of the molecule is O=C(O)c1cc(N[C@@H]2O[C@H](CO)[C@@H](O[C@H]3O[C@@H](CO)[C@H](O)[C@@H](O)[C@@H]3O)[C@H](O)[C@H]2O)cc([N+](=O)[O-])c1. The van der Waals surface area contributed by atoms with Gasteiger partial charge in [-0.2, -0.15) is 0 Å². The Morgan fingerprint density at radius 1 is 0.943 bits per heavy atom. The van der Waals surface area contributed by atoms with E-state index in [1.807, 2.05) is 0 Å².